The third-order valence-electron chi connectivity index (χ3n) is 11.3. The molecule has 5 rings (SSSR count). The molecule has 2 heteroatoms. The van der Waals surface area contributed by atoms with E-state index in [0.29, 0.717) is 34.5 Å². The van der Waals surface area contributed by atoms with Crippen LogP contribution in [0.3, 0.4) is 0 Å². The van der Waals surface area contributed by atoms with Crippen LogP contribution in [0.25, 0.3) is 0 Å². The first-order valence-electron chi connectivity index (χ1n) is 12.9. The molecule has 2 nitrogen and oxygen atoms in total. The maximum Gasteiger partial charge on any atom is 0.0920 e. The molecule has 164 valence electrons. The van der Waals surface area contributed by atoms with Gasteiger partial charge in [0, 0.05) is 6.42 Å². The Kier molecular flexibility index (Phi) is 4.93. The molecule has 5 aliphatic carbocycles. The predicted molar refractivity (Wildman–Crippen MR) is 118 cm³/mol. The Bertz CT molecular complexity index is 678. The fraction of sp³-hybridized carbons (Fsp3) is 0.926. The molecule has 0 heterocycles. The molecular formula is C27H44O2. The Morgan fingerprint density at radius 3 is 2.38 bits per heavy atom. The fourth-order valence-electron chi connectivity index (χ4n) is 9.38. The Labute approximate surface area is 178 Å². The van der Waals surface area contributed by atoms with Crippen LogP contribution in [0.4, 0.5) is 0 Å². The van der Waals surface area contributed by atoms with Crippen LogP contribution >= 0.6 is 0 Å². The van der Waals surface area contributed by atoms with Gasteiger partial charge in [-0.15, -0.1) is 0 Å². The highest BCUT2D eigenvalue weighted by Crippen LogP contribution is 2.69. The molecule has 4 fully saturated rings. The van der Waals surface area contributed by atoms with Crippen LogP contribution in [0.1, 0.15) is 98.3 Å². The summed E-state index contributed by atoms with van der Waals surface area (Å²) in [7, 11) is 0. The lowest BCUT2D eigenvalue weighted by molar-refractivity contribution is -0.110. The maximum atomic E-state index is 10.7. The van der Waals surface area contributed by atoms with Gasteiger partial charge in [0.1, 0.15) is 0 Å². The standard InChI is InChI=1S/C27H44O2/c1-5-24(28)16(2)21-10-11-22-19-9-8-18-14-25(29)20(17-6-7-17)15-27(18,4)23(19)12-13-26(21,22)3/h16-19,21-24,28-29H,5-15H2,1-4H3/t16-,18?,19-,21+,22-,23-,24?,26+,27-/m0/s1. The van der Waals surface area contributed by atoms with Crippen molar-refractivity contribution in [3.8, 4) is 0 Å². The molecule has 5 aliphatic rings. The van der Waals surface area contributed by atoms with E-state index in [-0.39, 0.29) is 6.10 Å². The number of aliphatic hydroxyl groups excluding tert-OH is 2. The Morgan fingerprint density at radius 2 is 1.69 bits per heavy atom. The molecule has 0 aromatic rings. The number of aliphatic hydroxyl groups is 2. The summed E-state index contributed by atoms with van der Waals surface area (Å²) in [5, 5.41) is 21.3. The third kappa shape index (κ3) is 2.98. The Hall–Kier alpha value is -0.500. The van der Waals surface area contributed by atoms with E-state index >= 15 is 0 Å². The molecule has 0 saturated heterocycles. The Morgan fingerprint density at radius 1 is 0.966 bits per heavy atom. The normalized spacial score (nSPS) is 49.2. The van der Waals surface area contributed by atoms with Gasteiger partial charge < -0.3 is 10.2 Å². The second kappa shape index (κ2) is 7.01. The van der Waals surface area contributed by atoms with E-state index < -0.39 is 0 Å². The minimum absolute atomic E-state index is 0.130. The SMILES string of the molecule is CCC(O)[C@@H](C)[C@H]1CC[C@H]2[C@@H]3CCC4CC(O)=C(C5CC5)C[C@]4(C)[C@H]3CC[C@]12C. The lowest BCUT2D eigenvalue weighted by atomic mass is 9.44. The minimum atomic E-state index is -0.130. The van der Waals surface area contributed by atoms with E-state index in [0.717, 1.165) is 36.4 Å². The lowest BCUT2D eigenvalue weighted by Crippen LogP contribution is -2.53. The topological polar surface area (TPSA) is 40.5 Å². The van der Waals surface area contributed by atoms with Crippen LogP contribution in [-0.4, -0.2) is 16.3 Å². The highest BCUT2D eigenvalue weighted by atomic mass is 16.3. The molecular weight excluding hydrogens is 356 g/mol. The highest BCUT2D eigenvalue weighted by Gasteiger charge is 2.61. The molecule has 9 atom stereocenters. The summed E-state index contributed by atoms with van der Waals surface area (Å²) in [5.74, 6) is 5.94. The number of rotatable bonds is 4. The summed E-state index contributed by atoms with van der Waals surface area (Å²) >= 11 is 0. The van der Waals surface area contributed by atoms with Gasteiger partial charge in [0.2, 0.25) is 0 Å². The van der Waals surface area contributed by atoms with Crippen molar-refractivity contribution in [1.82, 2.24) is 0 Å². The van der Waals surface area contributed by atoms with Crippen molar-refractivity contribution in [3.05, 3.63) is 11.3 Å². The molecule has 0 radical (unpaired) electrons. The first kappa shape index (κ1) is 20.4. The number of hydrogen-bond acceptors (Lipinski definition) is 2. The predicted octanol–water partition coefficient (Wildman–Crippen LogP) is 6.88. The van der Waals surface area contributed by atoms with Gasteiger partial charge in [-0.2, -0.15) is 0 Å². The molecule has 2 unspecified atom stereocenters. The summed E-state index contributed by atoms with van der Waals surface area (Å²) in [6.45, 7) is 9.68. The van der Waals surface area contributed by atoms with Gasteiger partial charge in [0.25, 0.3) is 0 Å². The zero-order valence-corrected chi connectivity index (χ0v) is 19.3. The van der Waals surface area contributed by atoms with Gasteiger partial charge in [0.15, 0.2) is 0 Å². The average molecular weight is 401 g/mol. The van der Waals surface area contributed by atoms with Gasteiger partial charge in [-0.25, -0.2) is 0 Å². The largest absolute Gasteiger partial charge is 0.512 e. The molecule has 0 bridgehead atoms. The number of fused-ring (bicyclic) bond motifs is 5. The van der Waals surface area contributed by atoms with Crippen molar-refractivity contribution in [2.75, 3.05) is 0 Å². The number of hydrogen-bond donors (Lipinski definition) is 2. The molecule has 2 N–H and O–H groups in total. The number of allylic oxidation sites excluding steroid dienone is 2. The zero-order valence-electron chi connectivity index (χ0n) is 19.3. The van der Waals surface area contributed by atoms with Gasteiger partial charge in [-0.05, 0) is 122 Å². The van der Waals surface area contributed by atoms with Crippen LogP contribution in [0.2, 0.25) is 0 Å². The lowest BCUT2D eigenvalue weighted by Gasteiger charge is -2.61. The molecule has 0 aromatic heterocycles. The summed E-state index contributed by atoms with van der Waals surface area (Å²) in [6.07, 6.45) is 13.7. The highest BCUT2D eigenvalue weighted by molar-refractivity contribution is 5.25. The molecule has 0 spiro atoms. The maximum absolute atomic E-state index is 10.7. The van der Waals surface area contributed by atoms with Gasteiger partial charge in [0.05, 0.1) is 11.9 Å². The molecule has 0 aromatic carbocycles. The van der Waals surface area contributed by atoms with Crippen molar-refractivity contribution in [1.29, 1.82) is 0 Å². The summed E-state index contributed by atoms with van der Waals surface area (Å²) < 4.78 is 0. The Balaban J connectivity index is 1.40. The molecule has 4 saturated carbocycles. The van der Waals surface area contributed by atoms with E-state index in [1.165, 1.54) is 63.4 Å². The monoisotopic (exact) mass is 400 g/mol. The minimum Gasteiger partial charge on any atom is -0.512 e. The van der Waals surface area contributed by atoms with E-state index in [4.69, 9.17) is 0 Å². The smallest absolute Gasteiger partial charge is 0.0920 e. The second-order valence-electron chi connectivity index (χ2n) is 12.3. The van der Waals surface area contributed by atoms with Crippen LogP contribution in [-0.2, 0) is 0 Å². The summed E-state index contributed by atoms with van der Waals surface area (Å²) in [4.78, 5) is 0. The van der Waals surface area contributed by atoms with Crippen LogP contribution < -0.4 is 0 Å². The first-order valence-corrected chi connectivity index (χ1v) is 12.9. The summed E-state index contributed by atoms with van der Waals surface area (Å²) in [5.41, 5.74) is 2.31. The zero-order chi connectivity index (χ0) is 20.6. The third-order valence-corrected chi connectivity index (χ3v) is 11.3. The van der Waals surface area contributed by atoms with Gasteiger partial charge in [-0.1, -0.05) is 27.7 Å². The van der Waals surface area contributed by atoms with Crippen LogP contribution in [0, 0.1) is 52.3 Å². The average Bonchev–Trinajstić information content (AvgIpc) is 3.48. The quantitative estimate of drug-likeness (QED) is 0.539. The van der Waals surface area contributed by atoms with Crippen LogP contribution in [0.5, 0.6) is 0 Å². The first-order chi connectivity index (χ1) is 13.8. The summed E-state index contributed by atoms with van der Waals surface area (Å²) in [6, 6.07) is 0. The molecule has 0 amide bonds. The van der Waals surface area contributed by atoms with E-state index in [1.54, 1.807) is 0 Å². The van der Waals surface area contributed by atoms with Crippen molar-refractivity contribution in [2.24, 2.45) is 52.3 Å². The van der Waals surface area contributed by atoms with E-state index in [2.05, 4.69) is 27.7 Å². The fourth-order valence-corrected chi connectivity index (χ4v) is 9.38. The van der Waals surface area contributed by atoms with E-state index in [9.17, 15) is 10.2 Å². The van der Waals surface area contributed by atoms with Crippen LogP contribution in [0.15, 0.2) is 11.3 Å². The van der Waals surface area contributed by atoms with Crippen molar-refractivity contribution < 1.29 is 10.2 Å². The van der Waals surface area contributed by atoms with Crippen molar-refractivity contribution in [2.45, 2.75) is 104 Å². The molecule has 29 heavy (non-hydrogen) atoms. The van der Waals surface area contributed by atoms with Gasteiger partial charge in [-0.3, -0.25) is 0 Å². The van der Waals surface area contributed by atoms with Crippen molar-refractivity contribution >= 4 is 0 Å². The van der Waals surface area contributed by atoms with E-state index in [1.807, 2.05) is 0 Å². The van der Waals surface area contributed by atoms with Gasteiger partial charge >= 0.3 is 0 Å². The molecule has 0 aliphatic heterocycles. The second-order valence-corrected chi connectivity index (χ2v) is 12.3. The van der Waals surface area contributed by atoms with Crippen molar-refractivity contribution in [3.63, 3.8) is 0 Å².